The highest BCUT2D eigenvalue weighted by molar-refractivity contribution is 8.01. The van der Waals surface area contributed by atoms with Crippen LogP contribution < -0.4 is 0 Å². The van der Waals surface area contributed by atoms with Gasteiger partial charge in [-0.15, -0.1) is 11.8 Å². The Kier molecular flexibility index (Phi) is 5.68. The number of halogens is 1. The van der Waals surface area contributed by atoms with E-state index in [1.807, 2.05) is 20.8 Å². The van der Waals surface area contributed by atoms with Gasteiger partial charge in [-0.25, -0.2) is 4.39 Å². The van der Waals surface area contributed by atoms with E-state index >= 15 is 0 Å². The van der Waals surface area contributed by atoms with E-state index in [2.05, 4.69) is 0 Å². The molecular formula is C17H23FN2O2S. The lowest BCUT2D eigenvalue weighted by atomic mass is 10.2. The third-order valence-corrected chi connectivity index (χ3v) is 5.34. The minimum atomic E-state index is -0.332. The third-order valence-electron chi connectivity index (χ3n) is 3.96. The first-order chi connectivity index (χ1) is 10.8. The second-order valence-corrected chi connectivity index (χ2v) is 7.52. The van der Waals surface area contributed by atoms with Gasteiger partial charge in [-0.05, 0) is 13.0 Å². The lowest BCUT2D eigenvalue weighted by Gasteiger charge is -2.27. The fourth-order valence-corrected chi connectivity index (χ4v) is 3.96. The lowest BCUT2D eigenvalue weighted by Crippen LogP contribution is -2.40. The average molecular weight is 338 g/mol. The summed E-state index contributed by atoms with van der Waals surface area (Å²) in [5, 5.41) is -0.535. The summed E-state index contributed by atoms with van der Waals surface area (Å²) < 4.78 is 14.1. The number of likely N-dealkylation sites (N-methyl/N-ethyl adjacent to an activating group) is 1. The monoisotopic (exact) mass is 338 g/mol. The maximum Gasteiger partial charge on any atom is 0.236 e. The summed E-state index contributed by atoms with van der Waals surface area (Å²) in [6.45, 7) is 6.38. The van der Waals surface area contributed by atoms with Gasteiger partial charge in [-0.2, -0.15) is 0 Å². The standard InChI is InChI=1S/C17H23FN2O2S/c1-11(2)15(21)19(4)9-10-20-16(22)12(3)23-17(20)13-7-5-6-8-14(13)18/h5-8,11-12,17H,9-10H2,1-4H3/t12-,17+/m1/s1. The normalized spacial score (nSPS) is 21.1. The van der Waals surface area contributed by atoms with Gasteiger partial charge in [0.1, 0.15) is 11.2 Å². The second-order valence-electron chi connectivity index (χ2n) is 6.10. The maximum atomic E-state index is 14.1. The van der Waals surface area contributed by atoms with Crippen LogP contribution in [0.5, 0.6) is 0 Å². The Bertz CT molecular complexity index is 594. The summed E-state index contributed by atoms with van der Waals surface area (Å²) in [4.78, 5) is 27.7. The van der Waals surface area contributed by atoms with Crippen LogP contribution in [0.25, 0.3) is 0 Å². The van der Waals surface area contributed by atoms with Crippen molar-refractivity contribution in [3.63, 3.8) is 0 Å². The second kappa shape index (κ2) is 7.34. The van der Waals surface area contributed by atoms with Crippen molar-refractivity contribution in [2.75, 3.05) is 20.1 Å². The van der Waals surface area contributed by atoms with E-state index in [9.17, 15) is 14.0 Å². The number of benzene rings is 1. The van der Waals surface area contributed by atoms with Gasteiger partial charge in [-0.1, -0.05) is 32.0 Å². The lowest BCUT2D eigenvalue weighted by molar-refractivity contribution is -0.135. The van der Waals surface area contributed by atoms with E-state index in [0.29, 0.717) is 18.7 Å². The first-order valence-electron chi connectivity index (χ1n) is 7.78. The molecule has 1 aliphatic heterocycles. The highest BCUT2D eigenvalue weighted by Crippen LogP contribution is 2.43. The van der Waals surface area contributed by atoms with Gasteiger partial charge in [0.25, 0.3) is 0 Å². The van der Waals surface area contributed by atoms with Crippen LogP contribution in [0.4, 0.5) is 4.39 Å². The van der Waals surface area contributed by atoms with Gasteiger partial charge < -0.3 is 9.80 Å². The number of carbonyl (C=O) groups is 2. The molecule has 0 spiro atoms. The van der Waals surface area contributed by atoms with E-state index in [4.69, 9.17) is 0 Å². The molecule has 1 fully saturated rings. The summed E-state index contributed by atoms with van der Waals surface area (Å²) in [7, 11) is 1.73. The predicted molar refractivity (Wildman–Crippen MR) is 90.4 cm³/mol. The Morgan fingerprint density at radius 2 is 2.04 bits per heavy atom. The minimum absolute atomic E-state index is 0.00588. The summed E-state index contributed by atoms with van der Waals surface area (Å²) in [5.74, 6) is -0.345. The molecule has 1 aliphatic rings. The molecule has 23 heavy (non-hydrogen) atoms. The zero-order valence-corrected chi connectivity index (χ0v) is 14.8. The van der Waals surface area contributed by atoms with Crippen LogP contribution >= 0.6 is 11.8 Å². The van der Waals surface area contributed by atoms with E-state index in [-0.39, 0.29) is 34.2 Å². The smallest absolute Gasteiger partial charge is 0.236 e. The fraction of sp³-hybridized carbons (Fsp3) is 0.529. The highest BCUT2D eigenvalue weighted by atomic mass is 32.2. The van der Waals surface area contributed by atoms with Gasteiger partial charge in [0, 0.05) is 31.6 Å². The maximum absolute atomic E-state index is 14.1. The van der Waals surface area contributed by atoms with Gasteiger partial charge in [0.2, 0.25) is 11.8 Å². The largest absolute Gasteiger partial charge is 0.344 e. The van der Waals surface area contributed by atoms with Crippen molar-refractivity contribution in [3.05, 3.63) is 35.6 Å². The number of hydrogen-bond acceptors (Lipinski definition) is 3. The Hall–Kier alpha value is -1.56. The van der Waals surface area contributed by atoms with Crippen LogP contribution in [0, 0.1) is 11.7 Å². The molecule has 0 radical (unpaired) electrons. The van der Waals surface area contributed by atoms with Crippen LogP contribution in [-0.2, 0) is 9.59 Å². The summed E-state index contributed by atoms with van der Waals surface area (Å²) >= 11 is 1.45. The average Bonchev–Trinajstić information content (AvgIpc) is 2.79. The number of nitrogens with zero attached hydrogens (tertiary/aromatic N) is 2. The molecular weight excluding hydrogens is 315 g/mol. The first kappa shape index (κ1) is 17.8. The topological polar surface area (TPSA) is 40.6 Å². The van der Waals surface area contributed by atoms with Crippen molar-refractivity contribution in [1.82, 2.24) is 9.80 Å². The molecule has 126 valence electrons. The molecule has 0 saturated carbocycles. The SMILES string of the molecule is CC(C)C(=O)N(C)CCN1C(=O)[C@@H](C)S[C@H]1c1ccccc1F. The Labute approximate surface area is 141 Å². The van der Waals surface area contributed by atoms with Crippen molar-refractivity contribution in [2.24, 2.45) is 5.92 Å². The molecule has 2 rings (SSSR count). The van der Waals surface area contributed by atoms with Crippen LogP contribution in [0.2, 0.25) is 0 Å². The van der Waals surface area contributed by atoms with Crippen LogP contribution in [-0.4, -0.2) is 47.0 Å². The fourth-order valence-electron chi connectivity index (χ4n) is 2.63. The molecule has 2 atom stereocenters. The molecule has 0 unspecified atom stereocenters. The minimum Gasteiger partial charge on any atom is -0.344 e. The summed E-state index contributed by atoms with van der Waals surface area (Å²) in [6, 6.07) is 6.55. The third kappa shape index (κ3) is 3.86. The number of hydrogen-bond donors (Lipinski definition) is 0. The Morgan fingerprint density at radius 3 is 2.65 bits per heavy atom. The molecule has 2 amide bonds. The van der Waals surface area contributed by atoms with E-state index < -0.39 is 0 Å². The van der Waals surface area contributed by atoms with E-state index in [0.717, 1.165) is 0 Å². The number of rotatable bonds is 5. The number of carbonyl (C=O) groups excluding carboxylic acids is 2. The molecule has 0 bridgehead atoms. The van der Waals surface area contributed by atoms with Gasteiger partial charge in [0.15, 0.2) is 0 Å². The number of thioether (sulfide) groups is 1. The predicted octanol–water partition coefficient (Wildman–Crippen LogP) is 2.90. The molecule has 1 aromatic carbocycles. The van der Waals surface area contributed by atoms with Gasteiger partial charge >= 0.3 is 0 Å². The molecule has 0 N–H and O–H groups in total. The van der Waals surface area contributed by atoms with Gasteiger partial charge in [0.05, 0.1) is 5.25 Å². The van der Waals surface area contributed by atoms with Crippen LogP contribution in [0.1, 0.15) is 31.7 Å². The van der Waals surface area contributed by atoms with Crippen molar-refractivity contribution < 1.29 is 14.0 Å². The summed E-state index contributed by atoms with van der Waals surface area (Å²) in [6.07, 6.45) is 0. The Balaban J connectivity index is 2.13. The molecule has 1 heterocycles. The molecule has 1 aromatic rings. The molecule has 1 saturated heterocycles. The van der Waals surface area contributed by atoms with Gasteiger partial charge in [-0.3, -0.25) is 9.59 Å². The quantitative estimate of drug-likeness (QED) is 0.829. The molecule has 4 nitrogen and oxygen atoms in total. The van der Waals surface area contributed by atoms with Crippen LogP contribution in [0.15, 0.2) is 24.3 Å². The molecule has 0 aromatic heterocycles. The molecule has 0 aliphatic carbocycles. The van der Waals surface area contributed by atoms with Crippen molar-refractivity contribution in [2.45, 2.75) is 31.4 Å². The first-order valence-corrected chi connectivity index (χ1v) is 8.72. The van der Waals surface area contributed by atoms with Crippen molar-refractivity contribution in [1.29, 1.82) is 0 Å². The zero-order valence-electron chi connectivity index (χ0n) is 14.0. The summed E-state index contributed by atoms with van der Waals surface area (Å²) in [5.41, 5.74) is 0.521. The van der Waals surface area contributed by atoms with Crippen molar-refractivity contribution in [3.8, 4) is 0 Å². The molecule has 6 heteroatoms. The van der Waals surface area contributed by atoms with E-state index in [1.165, 1.54) is 17.8 Å². The highest BCUT2D eigenvalue weighted by Gasteiger charge is 2.39. The number of amides is 2. The van der Waals surface area contributed by atoms with Crippen LogP contribution in [0.3, 0.4) is 0 Å². The van der Waals surface area contributed by atoms with E-state index in [1.54, 1.807) is 35.0 Å². The Morgan fingerprint density at radius 1 is 1.39 bits per heavy atom. The zero-order chi connectivity index (χ0) is 17.1. The van der Waals surface area contributed by atoms with Crippen molar-refractivity contribution >= 4 is 23.6 Å².